The van der Waals surface area contributed by atoms with Crippen LogP contribution >= 0.6 is 0 Å². The Morgan fingerprint density at radius 3 is 2.24 bits per heavy atom. The lowest BCUT2D eigenvalue weighted by Gasteiger charge is -2.13. The highest BCUT2D eigenvalue weighted by Gasteiger charge is 2.18. The smallest absolute Gasteiger partial charge is 0.161 e. The summed E-state index contributed by atoms with van der Waals surface area (Å²) in [5.41, 5.74) is 0.0554. The fourth-order valence-corrected chi connectivity index (χ4v) is 1.89. The number of hydrogen-bond donors (Lipinski definition) is 1. The predicted molar refractivity (Wildman–Crippen MR) is 72.6 cm³/mol. The van der Waals surface area contributed by atoms with Crippen LogP contribution in [0.5, 0.6) is 5.75 Å². The van der Waals surface area contributed by atoms with Gasteiger partial charge < -0.3 is 9.84 Å². The van der Waals surface area contributed by atoms with E-state index in [9.17, 15) is 18.3 Å². The Kier molecular flexibility index (Phi) is 4.85. The molecule has 0 spiro atoms. The molecule has 0 radical (unpaired) electrons. The standard InChI is InChI=1S/C16H15F3O2/c1-2-7-21-11-5-3-10(4-6-11)16(20)12-8-14(18)15(19)9-13(12)17/h3-6,8-9,16,20H,2,7H2,1H3. The Morgan fingerprint density at radius 1 is 1.00 bits per heavy atom. The van der Waals surface area contributed by atoms with Gasteiger partial charge in [0.05, 0.1) is 6.61 Å². The number of ether oxygens (including phenoxy) is 1. The summed E-state index contributed by atoms with van der Waals surface area (Å²) >= 11 is 0. The van der Waals surface area contributed by atoms with Crippen LogP contribution in [0.4, 0.5) is 13.2 Å². The number of hydrogen-bond acceptors (Lipinski definition) is 2. The second-order valence-corrected chi connectivity index (χ2v) is 4.61. The second-order valence-electron chi connectivity index (χ2n) is 4.61. The monoisotopic (exact) mass is 296 g/mol. The molecule has 112 valence electrons. The molecular weight excluding hydrogens is 281 g/mol. The highest BCUT2D eigenvalue weighted by molar-refractivity contribution is 5.35. The Hall–Kier alpha value is -2.01. The SMILES string of the molecule is CCCOc1ccc(C(O)c2cc(F)c(F)cc2F)cc1. The van der Waals surface area contributed by atoms with E-state index in [1.807, 2.05) is 6.92 Å². The van der Waals surface area contributed by atoms with Gasteiger partial charge in [0.15, 0.2) is 11.6 Å². The van der Waals surface area contributed by atoms with E-state index < -0.39 is 23.6 Å². The molecule has 1 unspecified atom stereocenters. The highest BCUT2D eigenvalue weighted by atomic mass is 19.2. The minimum absolute atomic E-state index is 0.309. The van der Waals surface area contributed by atoms with Crippen molar-refractivity contribution in [3.8, 4) is 5.75 Å². The van der Waals surface area contributed by atoms with E-state index in [2.05, 4.69) is 0 Å². The van der Waals surface area contributed by atoms with Crippen LogP contribution in [-0.4, -0.2) is 11.7 Å². The van der Waals surface area contributed by atoms with Gasteiger partial charge in [-0.25, -0.2) is 13.2 Å². The second kappa shape index (κ2) is 6.63. The molecule has 0 fully saturated rings. The average molecular weight is 296 g/mol. The summed E-state index contributed by atoms with van der Waals surface area (Å²) in [6, 6.07) is 7.45. The number of aliphatic hydroxyl groups is 1. The van der Waals surface area contributed by atoms with Crippen LogP contribution in [0, 0.1) is 17.5 Å². The Balaban J connectivity index is 2.23. The molecule has 0 amide bonds. The Bertz CT molecular complexity index is 612. The highest BCUT2D eigenvalue weighted by Crippen LogP contribution is 2.27. The topological polar surface area (TPSA) is 29.5 Å². The molecule has 0 heterocycles. The maximum absolute atomic E-state index is 13.6. The lowest BCUT2D eigenvalue weighted by molar-refractivity contribution is 0.213. The van der Waals surface area contributed by atoms with Gasteiger partial charge in [0.25, 0.3) is 0 Å². The Labute approximate surface area is 120 Å². The van der Waals surface area contributed by atoms with Crippen molar-refractivity contribution in [2.24, 2.45) is 0 Å². The summed E-state index contributed by atoms with van der Waals surface area (Å²) in [4.78, 5) is 0. The molecule has 0 aliphatic carbocycles. The van der Waals surface area contributed by atoms with Crippen LogP contribution in [-0.2, 0) is 0 Å². The zero-order valence-electron chi connectivity index (χ0n) is 11.4. The lowest BCUT2D eigenvalue weighted by atomic mass is 10.0. The molecule has 2 rings (SSSR count). The third-order valence-corrected chi connectivity index (χ3v) is 3.00. The Morgan fingerprint density at radius 2 is 1.62 bits per heavy atom. The van der Waals surface area contributed by atoms with E-state index >= 15 is 0 Å². The number of rotatable bonds is 5. The van der Waals surface area contributed by atoms with Crippen LogP contribution in [0.1, 0.15) is 30.6 Å². The predicted octanol–water partition coefficient (Wildman–Crippen LogP) is 3.97. The summed E-state index contributed by atoms with van der Waals surface area (Å²) < 4.78 is 45.1. The van der Waals surface area contributed by atoms with Crippen LogP contribution in [0.15, 0.2) is 36.4 Å². The third kappa shape index (κ3) is 3.55. The quantitative estimate of drug-likeness (QED) is 0.846. The van der Waals surface area contributed by atoms with Gasteiger partial charge in [0.2, 0.25) is 0 Å². The third-order valence-electron chi connectivity index (χ3n) is 3.00. The molecule has 5 heteroatoms. The van der Waals surface area contributed by atoms with Gasteiger partial charge >= 0.3 is 0 Å². The van der Waals surface area contributed by atoms with Crippen LogP contribution < -0.4 is 4.74 Å². The van der Waals surface area contributed by atoms with Crippen molar-refractivity contribution in [2.75, 3.05) is 6.61 Å². The van der Waals surface area contributed by atoms with Gasteiger partial charge in [0.1, 0.15) is 17.7 Å². The number of aliphatic hydroxyl groups excluding tert-OH is 1. The fraction of sp³-hybridized carbons (Fsp3) is 0.250. The average Bonchev–Trinajstić information content (AvgIpc) is 2.48. The van der Waals surface area contributed by atoms with Gasteiger partial charge in [0, 0.05) is 11.6 Å². The number of benzene rings is 2. The summed E-state index contributed by atoms with van der Waals surface area (Å²) in [6.45, 7) is 2.55. The van der Waals surface area contributed by atoms with Crippen molar-refractivity contribution in [1.29, 1.82) is 0 Å². The molecule has 2 aromatic rings. The van der Waals surface area contributed by atoms with E-state index in [1.165, 1.54) is 0 Å². The van der Waals surface area contributed by atoms with Gasteiger partial charge in [-0.1, -0.05) is 19.1 Å². The van der Waals surface area contributed by atoms with Crippen molar-refractivity contribution in [1.82, 2.24) is 0 Å². The van der Waals surface area contributed by atoms with Crippen molar-refractivity contribution in [3.63, 3.8) is 0 Å². The van der Waals surface area contributed by atoms with E-state index in [0.29, 0.717) is 30.1 Å². The molecule has 2 aromatic carbocycles. The maximum Gasteiger partial charge on any atom is 0.161 e. The summed E-state index contributed by atoms with van der Waals surface area (Å²) in [5.74, 6) is -2.86. The summed E-state index contributed by atoms with van der Waals surface area (Å²) in [6.07, 6.45) is -0.509. The minimum Gasteiger partial charge on any atom is -0.494 e. The minimum atomic E-state index is -1.37. The first-order valence-corrected chi connectivity index (χ1v) is 6.58. The van der Waals surface area contributed by atoms with Gasteiger partial charge in [-0.15, -0.1) is 0 Å². The van der Waals surface area contributed by atoms with E-state index in [1.54, 1.807) is 24.3 Å². The molecular formula is C16H15F3O2. The van der Waals surface area contributed by atoms with Gasteiger partial charge in [-0.05, 0) is 30.2 Å². The number of halogens is 3. The zero-order chi connectivity index (χ0) is 15.4. The van der Waals surface area contributed by atoms with Crippen LogP contribution in [0.2, 0.25) is 0 Å². The fourth-order valence-electron chi connectivity index (χ4n) is 1.89. The molecule has 1 atom stereocenters. The molecule has 0 saturated heterocycles. The molecule has 2 nitrogen and oxygen atoms in total. The van der Waals surface area contributed by atoms with E-state index in [0.717, 1.165) is 6.42 Å². The van der Waals surface area contributed by atoms with Crippen molar-refractivity contribution < 1.29 is 23.0 Å². The molecule has 0 saturated carbocycles. The van der Waals surface area contributed by atoms with Crippen molar-refractivity contribution in [3.05, 3.63) is 65.0 Å². The molecule has 0 aromatic heterocycles. The summed E-state index contributed by atoms with van der Waals surface area (Å²) in [7, 11) is 0. The van der Waals surface area contributed by atoms with Crippen LogP contribution in [0.3, 0.4) is 0 Å². The normalized spacial score (nSPS) is 12.2. The molecule has 0 aliphatic rings. The van der Waals surface area contributed by atoms with E-state index in [-0.39, 0.29) is 5.56 Å². The molecule has 21 heavy (non-hydrogen) atoms. The van der Waals surface area contributed by atoms with Crippen molar-refractivity contribution in [2.45, 2.75) is 19.4 Å². The van der Waals surface area contributed by atoms with E-state index in [4.69, 9.17) is 4.74 Å². The first-order chi connectivity index (χ1) is 10.0. The van der Waals surface area contributed by atoms with Crippen LogP contribution in [0.25, 0.3) is 0 Å². The summed E-state index contributed by atoms with van der Waals surface area (Å²) in [5, 5.41) is 10.1. The first kappa shape index (κ1) is 15.4. The molecule has 0 bridgehead atoms. The maximum atomic E-state index is 13.6. The van der Waals surface area contributed by atoms with Gasteiger partial charge in [-0.3, -0.25) is 0 Å². The molecule has 0 aliphatic heterocycles. The molecule has 1 N–H and O–H groups in total. The first-order valence-electron chi connectivity index (χ1n) is 6.58. The zero-order valence-corrected chi connectivity index (χ0v) is 11.4. The largest absolute Gasteiger partial charge is 0.494 e. The van der Waals surface area contributed by atoms with Crippen molar-refractivity contribution >= 4 is 0 Å². The lowest BCUT2D eigenvalue weighted by Crippen LogP contribution is -2.05. The van der Waals surface area contributed by atoms with Gasteiger partial charge in [-0.2, -0.15) is 0 Å².